The molecule has 2 rings (SSSR count). The number of carbonyl (C=O) groups excluding carboxylic acids is 1. The van der Waals surface area contributed by atoms with Gasteiger partial charge in [-0.05, 0) is 42.3 Å². The fourth-order valence-electron chi connectivity index (χ4n) is 1.76. The lowest BCUT2D eigenvalue weighted by Crippen LogP contribution is -2.22. The Kier molecular flexibility index (Phi) is 3.63. The van der Waals surface area contributed by atoms with Gasteiger partial charge in [-0.25, -0.2) is 0 Å². The van der Waals surface area contributed by atoms with Crippen LogP contribution in [0.2, 0.25) is 0 Å². The summed E-state index contributed by atoms with van der Waals surface area (Å²) < 4.78 is 0. The van der Waals surface area contributed by atoms with Gasteiger partial charge in [0.25, 0.3) is 5.91 Å². The average Bonchev–Trinajstić information content (AvgIpc) is 2.40. The molecule has 0 radical (unpaired) electrons. The van der Waals surface area contributed by atoms with E-state index in [9.17, 15) is 9.90 Å². The summed E-state index contributed by atoms with van der Waals surface area (Å²) in [4.78, 5) is 11.7. The van der Waals surface area contributed by atoms with Crippen molar-refractivity contribution in [2.75, 3.05) is 6.54 Å². The fraction of sp³-hybridized carbons (Fsp3) is 0.133. The number of rotatable bonds is 3. The number of phenols is 1. The maximum Gasteiger partial charge on any atom is 0.251 e. The molecule has 0 aliphatic rings. The molecule has 18 heavy (non-hydrogen) atoms. The first-order valence-corrected chi connectivity index (χ1v) is 5.88. The van der Waals surface area contributed by atoms with Crippen LogP contribution in [0.25, 0.3) is 11.1 Å². The Bertz CT molecular complexity index is 547. The molecule has 3 heteroatoms. The Balaban J connectivity index is 2.32. The third-order valence-corrected chi connectivity index (χ3v) is 2.66. The number of hydrogen-bond donors (Lipinski definition) is 2. The summed E-state index contributed by atoms with van der Waals surface area (Å²) >= 11 is 0. The number of amides is 1. The predicted molar refractivity (Wildman–Crippen MR) is 71.6 cm³/mol. The molecule has 2 N–H and O–H groups in total. The second-order valence-electron chi connectivity index (χ2n) is 3.99. The minimum absolute atomic E-state index is 0.0712. The van der Waals surface area contributed by atoms with Crippen LogP contribution in [0.4, 0.5) is 0 Å². The molecule has 0 aliphatic heterocycles. The number of hydrogen-bond acceptors (Lipinski definition) is 2. The number of aromatic hydroxyl groups is 1. The molecule has 2 aromatic carbocycles. The van der Waals surface area contributed by atoms with E-state index in [1.165, 1.54) is 0 Å². The molecule has 0 heterocycles. The molecule has 2 aromatic rings. The summed E-state index contributed by atoms with van der Waals surface area (Å²) in [6.45, 7) is 2.50. The van der Waals surface area contributed by atoms with Gasteiger partial charge < -0.3 is 10.4 Å². The van der Waals surface area contributed by atoms with Gasteiger partial charge in [0.15, 0.2) is 0 Å². The molecule has 0 bridgehead atoms. The van der Waals surface area contributed by atoms with Crippen molar-refractivity contribution in [3.8, 4) is 16.9 Å². The van der Waals surface area contributed by atoms with Crippen molar-refractivity contribution < 1.29 is 9.90 Å². The van der Waals surface area contributed by atoms with Gasteiger partial charge in [0.2, 0.25) is 0 Å². The second kappa shape index (κ2) is 5.36. The van der Waals surface area contributed by atoms with E-state index in [-0.39, 0.29) is 11.7 Å². The van der Waals surface area contributed by atoms with Gasteiger partial charge in [-0.1, -0.05) is 24.3 Å². The average molecular weight is 241 g/mol. The molecule has 92 valence electrons. The van der Waals surface area contributed by atoms with Crippen molar-refractivity contribution in [2.24, 2.45) is 0 Å². The van der Waals surface area contributed by atoms with Crippen LogP contribution in [0.3, 0.4) is 0 Å². The molecule has 0 unspecified atom stereocenters. The molecule has 0 spiro atoms. The Labute approximate surface area is 106 Å². The number of phenolic OH excluding ortho intramolecular Hbond substituents is 1. The van der Waals surface area contributed by atoms with Crippen LogP contribution in [-0.4, -0.2) is 17.6 Å². The molecular formula is C15H15NO2. The van der Waals surface area contributed by atoms with Crippen molar-refractivity contribution in [3.05, 3.63) is 54.1 Å². The van der Waals surface area contributed by atoms with E-state index in [4.69, 9.17) is 0 Å². The zero-order chi connectivity index (χ0) is 13.0. The number of carbonyl (C=O) groups is 1. The zero-order valence-electron chi connectivity index (χ0n) is 10.2. The van der Waals surface area contributed by atoms with Crippen molar-refractivity contribution in [2.45, 2.75) is 6.92 Å². The van der Waals surface area contributed by atoms with Gasteiger partial charge >= 0.3 is 0 Å². The van der Waals surface area contributed by atoms with Crippen LogP contribution in [0.15, 0.2) is 48.5 Å². The highest BCUT2D eigenvalue weighted by atomic mass is 16.3. The molecule has 0 saturated heterocycles. The molecule has 0 saturated carbocycles. The van der Waals surface area contributed by atoms with Crippen LogP contribution in [-0.2, 0) is 0 Å². The van der Waals surface area contributed by atoms with Crippen molar-refractivity contribution >= 4 is 5.91 Å². The van der Waals surface area contributed by atoms with Crippen LogP contribution >= 0.6 is 0 Å². The highest BCUT2D eigenvalue weighted by Crippen LogP contribution is 2.22. The third kappa shape index (κ3) is 2.69. The normalized spacial score (nSPS) is 10.1. The fourth-order valence-corrected chi connectivity index (χ4v) is 1.76. The van der Waals surface area contributed by atoms with Crippen molar-refractivity contribution in [1.82, 2.24) is 5.32 Å². The van der Waals surface area contributed by atoms with Crippen LogP contribution < -0.4 is 5.32 Å². The first-order chi connectivity index (χ1) is 8.70. The smallest absolute Gasteiger partial charge is 0.251 e. The van der Waals surface area contributed by atoms with E-state index < -0.39 is 0 Å². The maximum absolute atomic E-state index is 11.7. The van der Waals surface area contributed by atoms with E-state index in [0.717, 1.165) is 11.1 Å². The topological polar surface area (TPSA) is 49.3 Å². The summed E-state index contributed by atoms with van der Waals surface area (Å²) in [5.41, 5.74) is 2.57. The minimum Gasteiger partial charge on any atom is -0.508 e. The first kappa shape index (κ1) is 12.2. The lowest BCUT2D eigenvalue weighted by Gasteiger charge is -2.06. The van der Waals surface area contributed by atoms with Crippen molar-refractivity contribution in [3.63, 3.8) is 0 Å². The molecule has 0 atom stereocenters. The highest BCUT2D eigenvalue weighted by Gasteiger charge is 2.05. The maximum atomic E-state index is 11.7. The zero-order valence-corrected chi connectivity index (χ0v) is 10.2. The standard InChI is InChI=1S/C15H15NO2/c1-2-16-15(18)13-5-3-4-12(10-13)11-6-8-14(17)9-7-11/h3-10,17H,2H2,1H3,(H,16,18). The molecule has 3 nitrogen and oxygen atoms in total. The lowest BCUT2D eigenvalue weighted by molar-refractivity contribution is 0.0956. The van der Waals surface area contributed by atoms with Crippen LogP contribution in [0.5, 0.6) is 5.75 Å². The van der Waals surface area contributed by atoms with E-state index in [2.05, 4.69) is 5.32 Å². The predicted octanol–water partition coefficient (Wildman–Crippen LogP) is 2.81. The summed E-state index contributed by atoms with van der Waals surface area (Å²) in [7, 11) is 0. The third-order valence-electron chi connectivity index (χ3n) is 2.66. The number of nitrogens with one attached hydrogen (secondary N) is 1. The SMILES string of the molecule is CCNC(=O)c1cccc(-c2ccc(O)cc2)c1. The Morgan fingerprint density at radius 2 is 1.83 bits per heavy atom. The lowest BCUT2D eigenvalue weighted by atomic mass is 10.0. The second-order valence-corrected chi connectivity index (χ2v) is 3.99. The summed E-state index contributed by atoms with van der Waals surface area (Å²) in [6.07, 6.45) is 0. The van der Waals surface area contributed by atoms with Gasteiger partial charge in [0, 0.05) is 12.1 Å². The van der Waals surface area contributed by atoms with Gasteiger partial charge in [0.05, 0.1) is 0 Å². The molecule has 0 fully saturated rings. The Morgan fingerprint density at radius 3 is 2.50 bits per heavy atom. The molecule has 0 aliphatic carbocycles. The quantitative estimate of drug-likeness (QED) is 0.868. The molecular weight excluding hydrogens is 226 g/mol. The Hall–Kier alpha value is -2.29. The number of benzene rings is 2. The van der Waals surface area contributed by atoms with E-state index in [1.807, 2.05) is 37.3 Å². The molecule has 1 amide bonds. The van der Waals surface area contributed by atoms with E-state index in [0.29, 0.717) is 12.1 Å². The summed E-state index contributed by atoms with van der Waals surface area (Å²) in [5, 5.41) is 12.0. The van der Waals surface area contributed by atoms with Gasteiger partial charge in [-0.15, -0.1) is 0 Å². The van der Waals surface area contributed by atoms with Crippen LogP contribution in [0, 0.1) is 0 Å². The van der Waals surface area contributed by atoms with E-state index >= 15 is 0 Å². The summed E-state index contributed by atoms with van der Waals surface area (Å²) in [5.74, 6) is 0.164. The van der Waals surface area contributed by atoms with Crippen LogP contribution in [0.1, 0.15) is 17.3 Å². The van der Waals surface area contributed by atoms with Gasteiger partial charge in [-0.2, -0.15) is 0 Å². The Morgan fingerprint density at radius 1 is 1.11 bits per heavy atom. The summed E-state index contributed by atoms with van der Waals surface area (Å²) in [6, 6.07) is 14.3. The molecule has 0 aromatic heterocycles. The van der Waals surface area contributed by atoms with Crippen molar-refractivity contribution in [1.29, 1.82) is 0 Å². The van der Waals surface area contributed by atoms with Gasteiger partial charge in [-0.3, -0.25) is 4.79 Å². The highest BCUT2D eigenvalue weighted by molar-refractivity contribution is 5.95. The van der Waals surface area contributed by atoms with E-state index in [1.54, 1.807) is 18.2 Å². The minimum atomic E-state index is -0.0712. The largest absolute Gasteiger partial charge is 0.508 e. The monoisotopic (exact) mass is 241 g/mol. The van der Waals surface area contributed by atoms with Gasteiger partial charge in [0.1, 0.15) is 5.75 Å². The first-order valence-electron chi connectivity index (χ1n) is 5.88.